The Bertz CT molecular complexity index is 1150. The van der Waals surface area contributed by atoms with Crippen LogP contribution < -0.4 is 5.32 Å². The highest BCUT2D eigenvalue weighted by Gasteiger charge is 2.19. The number of aryl methyl sites for hydroxylation is 3. The summed E-state index contributed by atoms with van der Waals surface area (Å²) in [6.07, 6.45) is 0. The van der Waals surface area contributed by atoms with Gasteiger partial charge in [-0.2, -0.15) is 4.98 Å². The third-order valence-corrected chi connectivity index (χ3v) is 4.88. The number of nitrogens with one attached hydrogen (secondary N) is 1. The van der Waals surface area contributed by atoms with Crippen LogP contribution >= 0.6 is 0 Å². The van der Waals surface area contributed by atoms with E-state index in [0.29, 0.717) is 23.2 Å². The van der Waals surface area contributed by atoms with E-state index in [2.05, 4.69) is 20.4 Å². The molecule has 0 aliphatic carbocycles. The Morgan fingerprint density at radius 3 is 2.06 bits per heavy atom. The lowest BCUT2D eigenvalue weighted by Crippen LogP contribution is -2.28. The Morgan fingerprint density at radius 1 is 0.871 bits per heavy atom. The molecule has 2 aromatic heterocycles. The molecule has 0 saturated heterocycles. The molecular formula is C24H23N5O2. The summed E-state index contributed by atoms with van der Waals surface area (Å²) >= 11 is 0. The zero-order valence-electron chi connectivity index (χ0n) is 17.9. The van der Waals surface area contributed by atoms with Crippen molar-refractivity contribution in [1.82, 2.24) is 25.4 Å². The van der Waals surface area contributed by atoms with Crippen molar-refractivity contribution in [3.8, 4) is 22.6 Å². The van der Waals surface area contributed by atoms with E-state index in [9.17, 15) is 4.79 Å². The van der Waals surface area contributed by atoms with Gasteiger partial charge in [-0.15, -0.1) is 0 Å². The molecule has 7 heteroatoms. The number of carbonyl (C=O) groups excluding carboxylic acids is 1. The first-order valence-corrected chi connectivity index (χ1v) is 10.0. The monoisotopic (exact) mass is 413 g/mol. The van der Waals surface area contributed by atoms with E-state index in [0.717, 1.165) is 22.3 Å². The van der Waals surface area contributed by atoms with E-state index in [4.69, 9.17) is 9.51 Å². The lowest BCUT2D eigenvalue weighted by Gasteiger charge is -2.12. The fourth-order valence-electron chi connectivity index (χ4n) is 3.09. The molecule has 1 unspecified atom stereocenters. The second-order valence-corrected chi connectivity index (χ2v) is 7.57. The normalized spacial score (nSPS) is 11.9. The number of aromatic nitrogens is 4. The highest BCUT2D eigenvalue weighted by molar-refractivity contribution is 5.94. The van der Waals surface area contributed by atoms with Gasteiger partial charge in [-0.25, -0.2) is 9.97 Å². The minimum Gasteiger partial charge on any atom is -0.339 e. The molecule has 2 aromatic carbocycles. The summed E-state index contributed by atoms with van der Waals surface area (Å²) in [5.41, 5.74) is 4.99. The predicted molar refractivity (Wildman–Crippen MR) is 117 cm³/mol. The van der Waals surface area contributed by atoms with Gasteiger partial charge in [0.1, 0.15) is 11.7 Å². The molecule has 4 rings (SSSR count). The van der Waals surface area contributed by atoms with Crippen LogP contribution in [0.1, 0.15) is 46.3 Å². The Balaban J connectivity index is 1.72. The van der Waals surface area contributed by atoms with Gasteiger partial charge in [0.15, 0.2) is 11.6 Å². The molecule has 156 valence electrons. The number of amides is 1. The van der Waals surface area contributed by atoms with Crippen molar-refractivity contribution in [2.24, 2.45) is 0 Å². The van der Waals surface area contributed by atoms with Crippen LogP contribution in [-0.4, -0.2) is 26.0 Å². The standard InChI is InChI=1S/C24H23N5O2/c1-14-5-9-18(10-6-14)20-13-21(23(30)25-16(3)24-26-17(4)29-31-24)28-22(27-20)19-11-7-15(2)8-12-19/h5-13,16H,1-4H3,(H,25,30). The number of carbonyl (C=O) groups is 1. The molecular weight excluding hydrogens is 390 g/mol. The van der Waals surface area contributed by atoms with Gasteiger partial charge in [-0.1, -0.05) is 64.8 Å². The summed E-state index contributed by atoms with van der Waals surface area (Å²) in [7, 11) is 0. The summed E-state index contributed by atoms with van der Waals surface area (Å²) in [6, 6.07) is 17.2. The fraction of sp³-hybridized carbons (Fsp3) is 0.208. The van der Waals surface area contributed by atoms with Crippen molar-refractivity contribution in [3.63, 3.8) is 0 Å². The molecule has 1 N–H and O–H groups in total. The van der Waals surface area contributed by atoms with Gasteiger partial charge in [-0.3, -0.25) is 4.79 Å². The highest BCUT2D eigenvalue weighted by Crippen LogP contribution is 2.24. The van der Waals surface area contributed by atoms with Crippen LogP contribution in [0.5, 0.6) is 0 Å². The smallest absolute Gasteiger partial charge is 0.270 e. The summed E-state index contributed by atoms with van der Waals surface area (Å²) in [5, 5.41) is 6.65. The second-order valence-electron chi connectivity index (χ2n) is 7.57. The molecule has 31 heavy (non-hydrogen) atoms. The average molecular weight is 413 g/mol. The first-order valence-electron chi connectivity index (χ1n) is 10.0. The topological polar surface area (TPSA) is 93.8 Å². The van der Waals surface area contributed by atoms with Crippen molar-refractivity contribution < 1.29 is 9.32 Å². The van der Waals surface area contributed by atoms with Gasteiger partial charge in [-0.05, 0) is 33.8 Å². The van der Waals surface area contributed by atoms with Crippen molar-refractivity contribution in [3.05, 3.63) is 83.1 Å². The number of hydrogen-bond donors (Lipinski definition) is 1. The first-order chi connectivity index (χ1) is 14.9. The molecule has 0 aliphatic heterocycles. The molecule has 0 fully saturated rings. The maximum atomic E-state index is 13.0. The van der Waals surface area contributed by atoms with Gasteiger partial charge >= 0.3 is 0 Å². The van der Waals surface area contributed by atoms with Gasteiger partial charge in [0, 0.05) is 11.1 Å². The summed E-state index contributed by atoms with van der Waals surface area (Å²) in [6.45, 7) is 7.56. The third kappa shape index (κ3) is 4.66. The largest absolute Gasteiger partial charge is 0.339 e. The van der Waals surface area contributed by atoms with Crippen molar-refractivity contribution in [2.75, 3.05) is 0 Å². The molecule has 0 spiro atoms. The molecule has 0 saturated carbocycles. The van der Waals surface area contributed by atoms with Gasteiger partial charge in [0.05, 0.1) is 5.69 Å². The minimum atomic E-state index is -0.450. The van der Waals surface area contributed by atoms with Gasteiger partial charge < -0.3 is 9.84 Å². The molecule has 0 radical (unpaired) electrons. The number of hydrogen-bond acceptors (Lipinski definition) is 6. The lowest BCUT2D eigenvalue weighted by molar-refractivity contribution is 0.0927. The van der Waals surface area contributed by atoms with Crippen molar-refractivity contribution >= 4 is 5.91 Å². The Kier molecular flexibility index (Phi) is 5.58. The van der Waals surface area contributed by atoms with Crippen LogP contribution in [0, 0.1) is 20.8 Å². The van der Waals surface area contributed by atoms with Crippen LogP contribution in [-0.2, 0) is 0 Å². The van der Waals surface area contributed by atoms with E-state index in [1.54, 1.807) is 19.9 Å². The van der Waals surface area contributed by atoms with Crippen molar-refractivity contribution in [1.29, 1.82) is 0 Å². The Labute approximate surface area is 180 Å². The second kappa shape index (κ2) is 8.47. The molecule has 0 bridgehead atoms. The zero-order valence-corrected chi connectivity index (χ0v) is 17.9. The van der Waals surface area contributed by atoms with E-state index < -0.39 is 6.04 Å². The third-order valence-electron chi connectivity index (χ3n) is 4.88. The quantitative estimate of drug-likeness (QED) is 0.513. The van der Waals surface area contributed by atoms with Crippen molar-refractivity contribution in [2.45, 2.75) is 33.7 Å². The van der Waals surface area contributed by atoms with E-state index >= 15 is 0 Å². The lowest BCUT2D eigenvalue weighted by atomic mass is 10.1. The van der Waals surface area contributed by atoms with Gasteiger partial charge in [0.25, 0.3) is 5.91 Å². The Hall–Kier alpha value is -3.87. The SMILES string of the molecule is Cc1ccc(-c2cc(C(=O)NC(C)c3nc(C)no3)nc(-c3ccc(C)cc3)n2)cc1. The molecule has 2 heterocycles. The molecule has 1 amide bonds. The summed E-state index contributed by atoms with van der Waals surface area (Å²) in [5.74, 6) is 1.01. The van der Waals surface area contributed by atoms with E-state index in [1.165, 1.54) is 0 Å². The first kappa shape index (κ1) is 20.4. The molecule has 1 atom stereocenters. The van der Waals surface area contributed by atoms with Crippen LogP contribution in [0.25, 0.3) is 22.6 Å². The van der Waals surface area contributed by atoms with E-state index in [1.807, 2.05) is 62.4 Å². The van der Waals surface area contributed by atoms with Crippen LogP contribution in [0.4, 0.5) is 0 Å². The Morgan fingerprint density at radius 2 is 1.48 bits per heavy atom. The number of benzene rings is 2. The highest BCUT2D eigenvalue weighted by atomic mass is 16.5. The number of nitrogens with zero attached hydrogens (tertiary/aromatic N) is 4. The van der Waals surface area contributed by atoms with Crippen LogP contribution in [0.15, 0.2) is 59.1 Å². The zero-order chi connectivity index (χ0) is 22.0. The minimum absolute atomic E-state index is 0.268. The average Bonchev–Trinajstić information content (AvgIpc) is 3.21. The van der Waals surface area contributed by atoms with Crippen LogP contribution in [0.3, 0.4) is 0 Å². The summed E-state index contributed by atoms with van der Waals surface area (Å²) < 4.78 is 5.16. The predicted octanol–water partition coefficient (Wildman–Crippen LogP) is 4.61. The summed E-state index contributed by atoms with van der Waals surface area (Å²) in [4.78, 5) is 26.5. The maximum Gasteiger partial charge on any atom is 0.270 e. The fourth-order valence-corrected chi connectivity index (χ4v) is 3.09. The molecule has 4 aromatic rings. The van der Waals surface area contributed by atoms with Gasteiger partial charge in [0.2, 0.25) is 5.89 Å². The molecule has 7 nitrogen and oxygen atoms in total. The number of rotatable bonds is 5. The molecule has 0 aliphatic rings. The van der Waals surface area contributed by atoms with E-state index in [-0.39, 0.29) is 11.6 Å². The van der Waals surface area contributed by atoms with Crippen LogP contribution in [0.2, 0.25) is 0 Å². The maximum absolute atomic E-state index is 13.0.